The molecule has 0 bridgehead atoms. The van der Waals surface area contributed by atoms with Crippen molar-refractivity contribution in [2.45, 2.75) is 62.4 Å². The number of ether oxygens (including phenoxy) is 1. The molecule has 5 aliphatic rings. The number of hydrogen-bond acceptors (Lipinski definition) is 12. The van der Waals surface area contributed by atoms with E-state index < -0.39 is 35.8 Å². The van der Waals surface area contributed by atoms with Gasteiger partial charge >= 0.3 is 0 Å². The molecule has 2 aromatic heterocycles. The van der Waals surface area contributed by atoms with Crippen molar-refractivity contribution in [3.05, 3.63) is 90.3 Å². The van der Waals surface area contributed by atoms with Crippen LogP contribution in [0.5, 0.6) is 11.5 Å². The standard InChI is InChI=1S/C43H43FN10O5/c44-33-23-51(28-21-52(22-28)27-8-11-31-32(20-27)43(58)53(42(31)57)35-12-13-36(55)48-41(35)56)19-16-34(33)50-17-14-26(15-18-50)54-40-37(39(45)46-24-47-40)38(49-54)25-6-9-30(10-7-25)59-29-4-2-1-3-5-29/h1-11,20,24,26,28,33-35H,12-19,21-23H2,(H2,45,46,47)(H,48,55,56). The molecule has 0 saturated carbocycles. The molecule has 4 amide bonds. The van der Waals surface area contributed by atoms with Crippen molar-refractivity contribution < 1.29 is 28.3 Å². The highest BCUT2D eigenvalue weighted by Gasteiger charge is 2.46. The molecule has 302 valence electrons. The van der Waals surface area contributed by atoms with Gasteiger partial charge in [0.15, 0.2) is 5.65 Å². The van der Waals surface area contributed by atoms with Crippen molar-refractivity contribution in [2.75, 3.05) is 49.9 Å². The molecular formula is C43H43FN10O5. The smallest absolute Gasteiger partial charge is 0.262 e. The van der Waals surface area contributed by atoms with Crippen LogP contribution in [0.2, 0.25) is 0 Å². The topological polar surface area (TPSA) is 172 Å². The zero-order valence-corrected chi connectivity index (χ0v) is 32.2. The van der Waals surface area contributed by atoms with Crippen LogP contribution < -0.4 is 20.7 Å². The Kier molecular flexibility index (Phi) is 9.32. The molecule has 10 rings (SSSR count). The number of carbonyl (C=O) groups excluding carboxylic acids is 4. The summed E-state index contributed by atoms with van der Waals surface area (Å²) in [6.45, 7) is 4.01. The van der Waals surface area contributed by atoms with Gasteiger partial charge in [-0.2, -0.15) is 5.10 Å². The van der Waals surface area contributed by atoms with Crippen LogP contribution in [0.4, 0.5) is 15.9 Å². The number of amides is 4. The summed E-state index contributed by atoms with van der Waals surface area (Å²) in [6.07, 6.45) is 3.00. The van der Waals surface area contributed by atoms with Crippen LogP contribution in [0.1, 0.15) is 58.9 Å². The highest BCUT2D eigenvalue weighted by atomic mass is 19.1. The highest BCUT2D eigenvalue weighted by Crippen LogP contribution is 2.37. The van der Waals surface area contributed by atoms with Crippen LogP contribution in [-0.4, -0.2) is 122 Å². The molecule has 7 heterocycles. The van der Waals surface area contributed by atoms with Gasteiger partial charge in [-0.25, -0.2) is 19.0 Å². The van der Waals surface area contributed by atoms with Crippen LogP contribution in [0.15, 0.2) is 79.1 Å². The maximum absolute atomic E-state index is 16.0. The molecule has 3 N–H and O–H groups in total. The Hall–Kier alpha value is -6.26. The van der Waals surface area contributed by atoms with Gasteiger partial charge in [0.25, 0.3) is 11.8 Å². The molecule has 3 atom stereocenters. The summed E-state index contributed by atoms with van der Waals surface area (Å²) in [4.78, 5) is 67.1. The first kappa shape index (κ1) is 37.0. The number of hydrogen-bond donors (Lipinski definition) is 2. The van der Waals surface area contributed by atoms with Gasteiger partial charge < -0.3 is 15.4 Å². The summed E-state index contributed by atoms with van der Waals surface area (Å²) >= 11 is 0. The van der Waals surface area contributed by atoms with Gasteiger partial charge in [-0.05, 0) is 80.3 Å². The van der Waals surface area contributed by atoms with Gasteiger partial charge in [-0.1, -0.05) is 18.2 Å². The number of alkyl halides is 1. The van der Waals surface area contributed by atoms with Crippen molar-refractivity contribution in [2.24, 2.45) is 0 Å². The SMILES string of the molecule is Nc1ncnc2c1c(-c1ccc(Oc3ccccc3)cc1)nn2C1CCN(C2CCN(C3CN(c4ccc5c(c4)C(=O)N(C4CCC(=O)NC4=O)C5=O)C3)CC2F)CC1. The first-order valence-electron chi connectivity index (χ1n) is 20.2. The minimum absolute atomic E-state index is 0.0702. The second-order valence-corrected chi connectivity index (χ2v) is 16.1. The molecule has 5 aliphatic heterocycles. The van der Waals surface area contributed by atoms with E-state index in [2.05, 4.69) is 30.0 Å². The lowest BCUT2D eigenvalue weighted by atomic mass is 9.94. The molecule has 59 heavy (non-hydrogen) atoms. The van der Waals surface area contributed by atoms with E-state index in [0.717, 1.165) is 60.8 Å². The fourth-order valence-electron chi connectivity index (χ4n) is 9.43. The van der Waals surface area contributed by atoms with E-state index in [9.17, 15) is 19.2 Å². The number of para-hydroxylation sites is 1. The van der Waals surface area contributed by atoms with Crippen LogP contribution in [0, 0.1) is 0 Å². The largest absolute Gasteiger partial charge is 0.457 e. The summed E-state index contributed by atoms with van der Waals surface area (Å²) in [6, 6.07) is 21.6. The molecule has 3 aromatic carbocycles. The van der Waals surface area contributed by atoms with E-state index in [-0.39, 0.29) is 42.1 Å². The van der Waals surface area contributed by atoms with Crippen molar-refractivity contribution in [1.82, 2.24) is 39.8 Å². The van der Waals surface area contributed by atoms with E-state index in [1.165, 1.54) is 6.33 Å². The Labute approximate surface area is 338 Å². The second-order valence-electron chi connectivity index (χ2n) is 16.1. The van der Waals surface area contributed by atoms with Crippen molar-refractivity contribution in [3.8, 4) is 22.8 Å². The van der Waals surface area contributed by atoms with E-state index in [1.807, 2.05) is 65.3 Å². The summed E-state index contributed by atoms with van der Waals surface area (Å²) in [7, 11) is 0. The quantitative estimate of drug-likeness (QED) is 0.215. The number of fused-ring (bicyclic) bond motifs is 2. The number of halogens is 1. The Morgan fingerprint density at radius 2 is 1.49 bits per heavy atom. The van der Waals surface area contributed by atoms with Gasteiger partial charge in [0.1, 0.15) is 41.6 Å². The Balaban J connectivity index is 0.745. The summed E-state index contributed by atoms with van der Waals surface area (Å²) < 4.78 is 24.0. The van der Waals surface area contributed by atoms with Crippen molar-refractivity contribution in [3.63, 3.8) is 0 Å². The number of imide groups is 2. The number of likely N-dealkylation sites (tertiary alicyclic amines) is 2. The number of nitrogen functional groups attached to an aromatic ring is 1. The lowest BCUT2D eigenvalue weighted by Gasteiger charge is -2.51. The number of piperidine rings is 3. The molecule has 3 unspecified atom stereocenters. The predicted octanol–water partition coefficient (Wildman–Crippen LogP) is 4.21. The normalized spacial score (nSPS) is 23.4. The second kappa shape index (κ2) is 14.8. The van der Waals surface area contributed by atoms with Crippen LogP contribution >= 0.6 is 0 Å². The number of rotatable bonds is 8. The molecular weight excluding hydrogens is 756 g/mol. The minimum Gasteiger partial charge on any atom is -0.457 e. The Bertz CT molecular complexity index is 2470. The number of aromatic nitrogens is 4. The minimum atomic E-state index is -1.00. The third kappa shape index (κ3) is 6.65. The molecule has 0 radical (unpaired) electrons. The van der Waals surface area contributed by atoms with Crippen LogP contribution in [-0.2, 0) is 9.59 Å². The maximum Gasteiger partial charge on any atom is 0.262 e. The van der Waals surface area contributed by atoms with Gasteiger partial charge in [0.05, 0.1) is 22.6 Å². The molecule has 15 nitrogen and oxygen atoms in total. The average molecular weight is 799 g/mol. The molecule has 0 aliphatic carbocycles. The monoisotopic (exact) mass is 798 g/mol. The predicted molar refractivity (Wildman–Crippen MR) is 216 cm³/mol. The molecule has 4 saturated heterocycles. The van der Waals surface area contributed by atoms with E-state index in [1.54, 1.807) is 12.1 Å². The third-order valence-corrected chi connectivity index (χ3v) is 12.6. The number of nitrogens with two attached hydrogens (primary N) is 1. The van der Waals surface area contributed by atoms with Crippen molar-refractivity contribution in [1.29, 1.82) is 0 Å². The van der Waals surface area contributed by atoms with E-state index in [0.29, 0.717) is 47.9 Å². The number of carbonyl (C=O) groups is 4. The summed E-state index contributed by atoms with van der Waals surface area (Å²) in [5, 5.41) is 8.01. The van der Waals surface area contributed by atoms with Gasteiger partial charge in [-0.15, -0.1) is 0 Å². The first-order valence-corrected chi connectivity index (χ1v) is 20.2. The number of nitrogens with zero attached hydrogens (tertiary/aromatic N) is 8. The number of benzene rings is 3. The summed E-state index contributed by atoms with van der Waals surface area (Å²) in [5.41, 5.74) is 10.0. The molecule has 16 heteroatoms. The fourth-order valence-corrected chi connectivity index (χ4v) is 9.43. The fraction of sp³-hybridized carbons (Fsp3) is 0.372. The van der Waals surface area contributed by atoms with Gasteiger partial charge in [0, 0.05) is 69.0 Å². The lowest BCUT2D eigenvalue weighted by Crippen LogP contribution is -2.64. The number of nitrogens with one attached hydrogen (secondary N) is 1. The lowest BCUT2D eigenvalue weighted by molar-refractivity contribution is -0.136. The Morgan fingerprint density at radius 3 is 2.24 bits per heavy atom. The zero-order chi connectivity index (χ0) is 40.4. The highest BCUT2D eigenvalue weighted by molar-refractivity contribution is 6.23. The number of anilines is 2. The summed E-state index contributed by atoms with van der Waals surface area (Å²) in [5.74, 6) is -0.250. The first-order chi connectivity index (χ1) is 28.7. The van der Waals surface area contributed by atoms with Crippen LogP contribution in [0.3, 0.4) is 0 Å². The van der Waals surface area contributed by atoms with E-state index in [4.69, 9.17) is 15.6 Å². The third-order valence-electron chi connectivity index (χ3n) is 12.6. The molecule has 4 fully saturated rings. The molecule has 0 spiro atoms. The molecule has 5 aromatic rings. The maximum atomic E-state index is 16.0. The zero-order valence-electron chi connectivity index (χ0n) is 32.2. The van der Waals surface area contributed by atoms with Gasteiger partial charge in [-0.3, -0.25) is 39.2 Å². The Morgan fingerprint density at radius 1 is 0.763 bits per heavy atom. The van der Waals surface area contributed by atoms with Gasteiger partial charge in [0.2, 0.25) is 11.8 Å². The average Bonchev–Trinajstić information content (AvgIpc) is 3.73. The van der Waals surface area contributed by atoms with E-state index >= 15 is 4.39 Å². The van der Waals surface area contributed by atoms with Crippen molar-refractivity contribution >= 4 is 46.2 Å². The van der Waals surface area contributed by atoms with Crippen LogP contribution in [0.25, 0.3) is 22.3 Å².